The summed E-state index contributed by atoms with van der Waals surface area (Å²) in [4.78, 5) is 19.2. The number of rotatable bonds is 4. The molecule has 2 aliphatic rings. The Morgan fingerprint density at radius 1 is 1.17 bits per heavy atom. The molecule has 0 spiro atoms. The van der Waals surface area contributed by atoms with E-state index in [1.807, 2.05) is 74.2 Å². The Balaban J connectivity index is 1.54. The average molecular weight is 423 g/mol. The normalized spacial score (nSPS) is 23.2. The molecule has 1 saturated heterocycles. The van der Waals surface area contributed by atoms with E-state index in [0.29, 0.717) is 11.0 Å². The van der Waals surface area contributed by atoms with Crippen molar-refractivity contribution in [2.45, 2.75) is 33.0 Å². The van der Waals surface area contributed by atoms with Crippen LogP contribution < -0.4 is 21.1 Å². The van der Waals surface area contributed by atoms with Crippen molar-refractivity contribution in [3.05, 3.63) is 59.7 Å². The molecule has 3 atom stereocenters. The first kappa shape index (κ1) is 20.6. The van der Waals surface area contributed by atoms with Crippen LogP contribution in [0.3, 0.4) is 0 Å². The fraction of sp³-hybridized carbons (Fsp3) is 0.318. The van der Waals surface area contributed by atoms with Crippen LogP contribution in [0.25, 0.3) is 0 Å². The number of fused-ring (bicyclic) bond motifs is 1. The lowest BCUT2D eigenvalue weighted by Gasteiger charge is -2.36. The summed E-state index contributed by atoms with van der Waals surface area (Å²) in [5.74, 6) is 0.515. The van der Waals surface area contributed by atoms with Gasteiger partial charge in [-0.05, 0) is 50.6 Å². The molecule has 4 rings (SSSR count). The van der Waals surface area contributed by atoms with Crippen LogP contribution in [0.5, 0.6) is 0 Å². The topological polar surface area (TPSA) is 92.6 Å². The highest BCUT2D eigenvalue weighted by Crippen LogP contribution is 2.32. The number of thioether (sulfide) groups is 1. The Bertz CT molecular complexity index is 989. The number of amidine groups is 2. The summed E-state index contributed by atoms with van der Waals surface area (Å²) in [6.07, 6.45) is -0.212. The van der Waals surface area contributed by atoms with E-state index in [1.54, 1.807) is 0 Å². The summed E-state index contributed by atoms with van der Waals surface area (Å²) in [5.41, 5.74) is 10.3. The molecule has 0 saturated carbocycles. The van der Waals surface area contributed by atoms with Gasteiger partial charge in [-0.1, -0.05) is 41.6 Å². The molecule has 0 aromatic heterocycles. The lowest BCUT2D eigenvalue weighted by atomic mass is 9.97. The van der Waals surface area contributed by atoms with Gasteiger partial charge < -0.3 is 5.32 Å². The second kappa shape index (κ2) is 8.59. The molecule has 8 heteroatoms. The van der Waals surface area contributed by atoms with Gasteiger partial charge in [0.1, 0.15) is 12.0 Å². The van der Waals surface area contributed by atoms with Gasteiger partial charge >= 0.3 is 0 Å². The number of nitrogens with one attached hydrogen (secondary N) is 4. The Hall–Kier alpha value is -2.68. The van der Waals surface area contributed by atoms with Crippen LogP contribution >= 0.6 is 11.8 Å². The highest BCUT2D eigenvalue weighted by molar-refractivity contribution is 8.14. The summed E-state index contributed by atoms with van der Waals surface area (Å²) >= 11 is 1.35. The van der Waals surface area contributed by atoms with Gasteiger partial charge in [0.2, 0.25) is 5.91 Å². The fourth-order valence-electron chi connectivity index (χ4n) is 3.68. The molecular weight excluding hydrogens is 396 g/mol. The lowest BCUT2D eigenvalue weighted by Crippen LogP contribution is -2.50. The summed E-state index contributed by atoms with van der Waals surface area (Å²) in [5, 5.41) is 12.4. The highest BCUT2D eigenvalue weighted by atomic mass is 32.2. The molecule has 30 heavy (non-hydrogen) atoms. The van der Waals surface area contributed by atoms with Crippen LogP contribution in [0, 0.1) is 25.2 Å². The summed E-state index contributed by atoms with van der Waals surface area (Å²) in [6.45, 7) is 6.08. The number of amides is 1. The molecule has 7 nitrogen and oxygen atoms in total. The summed E-state index contributed by atoms with van der Waals surface area (Å²) in [6, 6.07) is 15.8. The average Bonchev–Trinajstić information content (AvgIpc) is 3.09. The van der Waals surface area contributed by atoms with Crippen molar-refractivity contribution >= 4 is 40.0 Å². The highest BCUT2D eigenvalue weighted by Gasteiger charge is 2.43. The first-order valence-electron chi connectivity index (χ1n) is 9.96. The van der Waals surface area contributed by atoms with E-state index < -0.39 is 0 Å². The number of nitrogens with zero attached hydrogens (tertiary/aromatic N) is 2. The monoisotopic (exact) mass is 422 g/mol. The number of hydrogen-bond donors (Lipinski definition) is 4. The summed E-state index contributed by atoms with van der Waals surface area (Å²) in [7, 11) is 0. The van der Waals surface area contributed by atoms with Crippen LogP contribution in [-0.2, 0) is 4.79 Å². The number of anilines is 2. The number of carbonyl (C=O) groups excluding carboxylic acids is 1. The quantitative estimate of drug-likeness (QED) is 0.607. The van der Waals surface area contributed by atoms with Gasteiger partial charge in [-0.15, -0.1) is 0 Å². The maximum absolute atomic E-state index is 12.5. The zero-order valence-electron chi connectivity index (χ0n) is 17.3. The van der Waals surface area contributed by atoms with Crippen molar-refractivity contribution in [3.63, 3.8) is 0 Å². The molecule has 2 aliphatic heterocycles. The number of aliphatic imine (C=N–C) groups is 1. The standard InChI is InChI=1S/C22H26N6OS/c1-13-7-9-16(10-8-13)24-18(29)12-30-22-25-21-19(15(3)26-27-21)20(23)28(22)17-6-4-5-14(2)11-17/h4-11,15,19,21,23,26-27H,12H2,1-3H3,(H,24,29). The van der Waals surface area contributed by atoms with Gasteiger partial charge in [0.15, 0.2) is 5.17 Å². The van der Waals surface area contributed by atoms with E-state index in [1.165, 1.54) is 11.8 Å². The van der Waals surface area contributed by atoms with Crippen molar-refractivity contribution in [2.24, 2.45) is 10.9 Å². The van der Waals surface area contributed by atoms with Gasteiger partial charge in [0.05, 0.1) is 11.7 Å². The molecule has 4 N–H and O–H groups in total. The number of hydrogen-bond acceptors (Lipinski definition) is 6. The molecule has 3 unspecified atom stereocenters. The molecular formula is C22H26N6OS. The maximum Gasteiger partial charge on any atom is 0.234 e. The van der Waals surface area contributed by atoms with E-state index in [-0.39, 0.29) is 29.8 Å². The van der Waals surface area contributed by atoms with Gasteiger partial charge in [-0.2, -0.15) is 0 Å². The number of carbonyl (C=O) groups is 1. The van der Waals surface area contributed by atoms with Gasteiger partial charge in [0, 0.05) is 17.4 Å². The van der Waals surface area contributed by atoms with Crippen molar-refractivity contribution in [3.8, 4) is 0 Å². The minimum atomic E-state index is -0.212. The first-order valence-corrected chi connectivity index (χ1v) is 10.9. The van der Waals surface area contributed by atoms with Gasteiger partial charge in [0.25, 0.3) is 0 Å². The van der Waals surface area contributed by atoms with Gasteiger partial charge in [-0.25, -0.2) is 10.4 Å². The molecule has 156 valence electrons. The van der Waals surface area contributed by atoms with Crippen molar-refractivity contribution in [2.75, 3.05) is 16.0 Å². The molecule has 1 amide bonds. The minimum absolute atomic E-state index is 0.0729. The molecule has 2 aromatic carbocycles. The van der Waals surface area contributed by atoms with Crippen LogP contribution in [-0.4, -0.2) is 34.9 Å². The first-order chi connectivity index (χ1) is 14.4. The molecule has 2 heterocycles. The molecule has 0 radical (unpaired) electrons. The van der Waals surface area contributed by atoms with Gasteiger partial charge in [-0.3, -0.25) is 20.5 Å². The number of hydrazine groups is 1. The van der Waals surface area contributed by atoms with E-state index in [9.17, 15) is 4.79 Å². The Labute approximate surface area is 180 Å². The zero-order valence-corrected chi connectivity index (χ0v) is 18.1. The predicted octanol–water partition coefficient (Wildman–Crippen LogP) is 3.27. The molecule has 0 aliphatic carbocycles. The molecule has 1 fully saturated rings. The maximum atomic E-state index is 12.5. The van der Waals surface area contributed by atoms with E-state index in [2.05, 4.69) is 16.2 Å². The molecule has 2 aromatic rings. The Morgan fingerprint density at radius 2 is 1.93 bits per heavy atom. The van der Waals surface area contributed by atoms with Crippen LogP contribution in [0.2, 0.25) is 0 Å². The largest absolute Gasteiger partial charge is 0.325 e. The van der Waals surface area contributed by atoms with E-state index in [4.69, 9.17) is 10.4 Å². The number of aryl methyl sites for hydroxylation is 2. The zero-order chi connectivity index (χ0) is 21.3. The molecule has 0 bridgehead atoms. The van der Waals surface area contributed by atoms with Crippen molar-refractivity contribution in [1.29, 1.82) is 5.41 Å². The lowest BCUT2D eigenvalue weighted by molar-refractivity contribution is -0.113. The Kier molecular flexibility index (Phi) is 5.90. The minimum Gasteiger partial charge on any atom is -0.325 e. The summed E-state index contributed by atoms with van der Waals surface area (Å²) < 4.78 is 0. The fourth-order valence-corrected chi connectivity index (χ4v) is 4.53. The van der Waals surface area contributed by atoms with Crippen LogP contribution in [0.15, 0.2) is 53.5 Å². The third kappa shape index (κ3) is 4.26. The van der Waals surface area contributed by atoms with Crippen molar-refractivity contribution < 1.29 is 4.79 Å². The predicted molar refractivity (Wildman–Crippen MR) is 124 cm³/mol. The van der Waals surface area contributed by atoms with E-state index in [0.717, 1.165) is 22.5 Å². The number of benzene rings is 2. The van der Waals surface area contributed by atoms with E-state index >= 15 is 0 Å². The smallest absolute Gasteiger partial charge is 0.234 e. The SMILES string of the molecule is Cc1ccc(NC(=O)CSC2=NC3NNC(C)C3C(=N)N2c2cccc(C)c2)cc1. The van der Waals surface area contributed by atoms with Crippen LogP contribution in [0.1, 0.15) is 18.1 Å². The van der Waals surface area contributed by atoms with Crippen molar-refractivity contribution in [1.82, 2.24) is 10.9 Å². The Morgan fingerprint density at radius 3 is 2.67 bits per heavy atom. The second-order valence-corrected chi connectivity index (χ2v) is 8.66. The van der Waals surface area contributed by atoms with Crippen LogP contribution in [0.4, 0.5) is 11.4 Å². The third-order valence-electron chi connectivity index (χ3n) is 5.26. The second-order valence-electron chi connectivity index (χ2n) is 7.72. The third-order valence-corrected chi connectivity index (χ3v) is 6.22.